The van der Waals surface area contributed by atoms with Crippen molar-refractivity contribution in [1.82, 2.24) is 10.3 Å². The fourth-order valence-electron chi connectivity index (χ4n) is 3.62. The van der Waals surface area contributed by atoms with Gasteiger partial charge in [0.25, 0.3) is 0 Å². The second-order valence-electron chi connectivity index (χ2n) is 7.62. The molecule has 1 heterocycles. The Morgan fingerprint density at radius 1 is 1.00 bits per heavy atom. The van der Waals surface area contributed by atoms with E-state index in [1.807, 2.05) is 36.5 Å². The molecule has 3 N–H and O–H groups in total. The molecule has 0 saturated carbocycles. The highest BCUT2D eigenvalue weighted by Crippen LogP contribution is 2.27. The minimum atomic E-state index is -0.930. The number of H-pyrrole nitrogens is 1. The number of aromatic nitrogens is 1. The first-order valence-corrected chi connectivity index (χ1v) is 11.4. The maximum atomic E-state index is 12.0. The van der Waals surface area contributed by atoms with Crippen LogP contribution in [0.1, 0.15) is 16.7 Å². The van der Waals surface area contributed by atoms with Gasteiger partial charge in [0.2, 0.25) is 0 Å². The van der Waals surface area contributed by atoms with Gasteiger partial charge in [-0.1, -0.05) is 59.1 Å². The maximum Gasteiger partial charge on any atom is 0.321 e. The summed E-state index contributed by atoms with van der Waals surface area (Å²) >= 11 is 18.3. The number of rotatable bonds is 9. The van der Waals surface area contributed by atoms with Gasteiger partial charge in [-0.15, -0.1) is 0 Å². The molecule has 0 aliphatic rings. The van der Waals surface area contributed by atoms with Crippen molar-refractivity contribution < 1.29 is 14.6 Å². The summed E-state index contributed by atoms with van der Waals surface area (Å²) in [5.41, 5.74) is 3.53. The van der Waals surface area contributed by atoms with Crippen LogP contribution in [0.15, 0.2) is 66.9 Å². The van der Waals surface area contributed by atoms with Crippen LogP contribution in [0.5, 0.6) is 5.75 Å². The summed E-state index contributed by atoms with van der Waals surface area (Å²) in [7, 11) is 0. The number of hydrogen-bond donors (Lipinski definition) is 3. The minimum absolute atomic E-state index is 0.274. The molecule has 3 aromatic carbocycles. The molecule has 4 aromatic rings. The molecule has 0 saturated heterocycles. The zero-order chi connectivity index (χ0) is 23.4. The molecule has 1 atom stereocenters. The van der Waals surface area contributed by atoms with Crippen LogP contribution in [-0.4, -0.2) is 22.1 Å². The lowest BCUT2D eigenvalue weighted by atomic mass is 10.0. The third-order valence-electron chi connectivity index (χ3n) is 5.34. The third kappa shape index (κ3) is 5.81. The number of ether oxygens (including phenoxy) is 1. The first-order valence-electron chi connectivity index (χ1n) is 10.3. The average molecular weight is 504 g/mol. The van der Waals surface area contributed by atoms with E-state index >= 15 is 0 Å². The van der Waals surface area contributed by atoms with Gasteiger partial charge < -0.3 is 14.8 Å². The van der Waals surface area contributed by atoms with Crippen molar-refractivity contribution in [3.05, 3.63) is 98.6 Å². The van der Waals surface area contributed by atoms with Crippen molar-refractivity contribution in [1.29, 1.82) is 0 Å². The normalized spacial score (nSPS) is 12.1. The standard InChI is InChI=1S/C25H21Cl3N2O3/c26-18-6-8-24(33-14-15-5-7-20(27)21(28)9-15)17(10-18)13-30-23(25(31)32)11-16-12-29-22-4-2-1-3-19(16)22/h1-10,12,23,29-30H,11,13-14H2,(H,31,32)/t23-/m1/s1. The number of para-hydroxylation sites is 1. The van der Waals surface area contributed by atoms with Crippen LogP contribution >= 0.6 is 34.8 Å². The maximum absolute atomic E-state index is 12.0. The largest absolute Gasteiger partial charge is 0.489 e. The van der Waals surface area contributed by atoms with Gasteiger partial charge in [-0.25, -0.2) is 0 Å². The molecule has 0 fully saturated rings. The van der Waals surface area contributed by atoms with Gasteiger partial charge in [0.15, 0.2) is 0 Å². The highest BCUT2D eigenvalue weighted by molar-refractivity contribution is 6.42. The van der Waals surface area contributed by atoms with Crippen molar-refractivity contribution in [3.8, 4) is 5.75 Å². The molecular weight excluding hydrogens is 483 g/mol. The summed E-state index contributed by atoms with van der Waals surface area (Å²) in [6.45, 7) is 0.555. The molecule has 5 nitrogen and oxygen atoms in total. The van der Waals surface area contributed by atoms with Gasteiger partial charge in [0.05, 0.1) is 10.0 Å². The number of halogens is 3. The van der Waals surface area contributed by atoms with E-state index < -0.39 is 12.0 Å². The van der Waals surface area contributed by atoms with Crippen molar-refractivity contribution in [3.63, 3.8) is 0 Å². The van der Waals surface area contributed by atoms with Crippen molar-refractivity contribution in [2.45, 2.75) is 25.6 Å². The minimum Gasteiger partial charge on any atom is -0.489 e. The van der Waals surface area contributed by atoms with Gasteiger partial charge in [0, 0.05) is 40.7 Å². The second-order valence-corrected chi connectivity index (χ2v) is 8.88. The fraction of sp³-hybridized carbons (Fsp3) is 0.160. The first-order chi connectivity index (χ1) is 15.9. The Balaban J connectivity index is 1.47. The lowest BCUT2D eigenvalue weighted by molar-refractivity contribution is -0.139. The zero-order valence-corrected chi connectivity index (χ0v) is 19.7. The van der Waals surface area contributed by atoms with Crippen LogP contribution in [0.2, 0.25) is 15.1 Å². The quantitative estimate of drug-likeness (QED) is 0.244. The smallest absolute Gasteiger partial charge is 0.321 e. The first kappa shape index (κ1) is 23.5. The summed E-state index contributed by atoms with van der Waals surface area (Å²) in [6.07, 6.45) is 2.19. The predicted molar refractivity (Wildman–Crippen MR) is 133 cm³/mol. The highest BCUT2D eigenvalue weighted by atomic mass is 35.5. The van der Waals surface area contributed by atoms with Crippen LogP contribution in [0.3, 0.4) is 0 Å². The van der Waals surface area contributed by atoms with Gasteiger partial charge in [0.1, 0.15) is 18.4 Å². The van der Waals surface area contributed by atoms with E-state index in [0.717, 1.165) is 27.6 Å². The number of aliphatic carboxylic acids is 1. The van der Waals surface area contributed by atoms with Gasteiger partial charge in [-0.3, -0.25) is 10.1 Å². The van der Waals surface area contributed by atoms with Gasteiger partial charge >= 0.3 is 5.97 Å². The summed E-state index contributed by atoms with van der Waals surface area (Å²) in [5.74, 6) is -0.324. The molecule has 8 heteroatoms. The predicted octanol–water partition coefficient (Wildman–Crippen LogP) is 6.49. The number of hydrogen-bond acceptors (Lipinski definition) is 3. The molecule has 0 bridgehead atoms. The SMILES string of the molecule is O=C(O)[C@@H](Cc1c[nH]c2ccccc12)NCc1cc(Cl)ccc1OCc1ccc(Cl)c(Cl)c1. The van der Waals surface area contributed by atoms with Crippen LogP contribution in [0, 0.1) is 0 Å². The van der Waals surface area contributed by atoms with Crippen molar-refractivity contribution in [2.24, 2.45) is 0 Å². The topological polar surface area (TPSA) is 74.3 Å². The zero-order valence-electron chi connectivity index (χ0n) is 17.4. The summed E-state index contributed by atoms with van der Waals surface area (Å²) < 4.78 is 5.98. The van der Waals surface area contributed by atoms with Gasteiger partial charge in [-0.2, -0.15) is 0 Å². The summed E-state index contributed by atoms with van der Waals surface area (Å²) in [6, 6.07) is 17.6. The lowest BCUT2D eigenvalue weighted by Crippen LogP contribution is -2.38. The van der Waals surface area contributed by atoms with Crippen LogP contribution < -0.4 is 10.1 Å². The number of nitrogens with one attached hydrogen (secondary N) is 2. The summed E-state index contributed by atoms with van der Waals surface area (Å²) in [4.78, 5) is 15.1. The Morgan fingerprint density at radius 3 is 2.61 bits per heavy atom. The monoisotopic (exact) mass is 502 g/mol. The Kier molecular flexibility index (Phi) is 7.46. The van der Waals surface area contributed by atoms with Crippen LogP contribution in [-0.2, 0) is 24.4 Å². The van der Waals surface area contributed by atoms with Crippen LogP contribution in [0.25, 0.3) is 10.9 Å². The van der Waals surface area contributed by atoms with E-state index in [9.17, 15) is 9.90 Å². The second kappa shape index (κ2) is 10.5. The Labute approximate surface area is 206 Å². The van der Waals surface area contributed by atoms with E-state index in [0.29, 0.717) is 27.2 Å². The van der Waals surface area contributed by atoms with E-state index in [2.05, 4.69) is 10.3 Å². The number of benzene rings is 3. The van der Waals surface area contributed by atoms with E-state index in [-0.39, 0.29) is 13.2 Å². The Morgan fingerprint density at radius 2 is 1.82 bits per heavy atom. The number of carbonyl (C=O) groups is 1. The third-order valence-corrected chi connectivity index (χ3v) is 6.31. The molecule has 0 aliphatic heterocycles. The molecular formula is C25H21Cl3N2O3. The number of fused-ring (bicyclic) bond motifs is 1. The molecule has 0 aliphatic carbocycles. The fourth-order valence-corrected chi connectivity index (χ4v) is 4.13. The van der Waals surface area contributed by atoms with E-state index in [1.54, 1.807) is 30.3 Å². The molecule has 0 radical (unpaired) electrons. The highest BCUT2D eigenvalue weighted by Gasteiger charge is 2.20. The molecule has 33 heavy (non-hydrogen) atoms. The van der Waals surface area contributed by atoms with E-state index in [1.165, 1.54) is 0 Å². The summed E-state index contributed by atoms with van der Waals surface area (Å²) in [5, 5.41) is 15.4. The number of aromatic amines is 1. The Bertz CT molecular complexity index is 1290. The lowest BCUT2D eigenvalue weighted by Gasteiger charge is -2.17. The van der Waals surface area contributed by atoms with Gasteiger partial charge in [-0.05, 0) is 47.5 Å². The van der Waals surface area contributed by atoms with Crippen molar-refractivity contribution in [2.75, 3.05) is 0 Å². The van der Waals surface area contributed by atoms with Crippen molar-refractivity contribution >= 4 is 51.7 Å². The molecule has 170 valence electrons. The molecule has 0 unspecified atom stereocenters. The average Bonchev–Trinajstić information content (AvgIpc) is 3.21. The number of carboxylic acids is 1. The molecule has 4 rings (SSSR count). The number of carboxylic acid groups (broad SMARTS) is 1. The molecule has 0 amide bonds. The van der Waals surface area contributed by atoms with Crippen LogP contribution in [0.4, 0.5) is 0 Å². The van der Waals surface area contributed by atoms with E-state index in [4.69, 9.17) is 39.5 Å². The Hall–Kier alpha value is -2.70. The molecule has 1 aromatic heterocycles. The molecule has 0 spiro atoms.